The molecule has 0 fully saturated rings. The molecule has 0 aromatic heterocycles. The molecule has 5 nitrogen and oxygen atoms in total. The number of amidine groups is 1. The lowest BCUT2D eigenvalue weighted by Crippen LogP contribution is -2.25. The van der Waals surface area contributed by atoms with Crippen molar-refractivity contribution in [3.63, 3.8) is 0 Å². The number of nitrogens with two attached hydrogens (primary N) is 1. The van der Waals surface area contributed by atoms with Crippen molar-refractivity contribution in [1.29, 1.82) is 0 Å². The SMILES string of the molecule is COc1ccccc1N=C1COc2ccc(N)cc2N1. The van der Waals surface area contributed by atoms with Crippen LogP contribution < -0.4 is 20.5 Å². The first kappa shape index (κ1) is 12.3. The fourth-order valence-corrected chi connectivity index (χ4v) is 2.04. The lowest BCUT2D eigenvalue weighted by Gasteiger charge is -2.21. The van der Waals surface area contributed by atoms with Crippen molar-refractivity contribution in [2.24, 2.45) is 4.99 Å². The Bertz CT molecular complexity index is 668. The standard InChI is InChI=1S/C15H15N3O2/c1-19-13-5-3-2-4-11(13)17-15-9-20-14-7-6-10(16)8-12(14)18-15/h2-8H,9,16H2,1H3,(H,17,18). The fraction of sp³-hybridized carbons (Fsp3) is 0.133. The van der Waals surface area contributed by atoms with E-state index >= 15 is 0 Å². The summed E-state index contributed by atoms with van der Waals surface area (Å²) in [5.74, 6) is 2.21. The van der Waals surface area contributed by atoms with Gasteiger partial charge in [-0.15, -0.1) is 0 Å². The summed E-state index contributed by atoms with van der Waals surface area (Å²) in [6, 6.07) is 13.1. The van der Waals surface area contributed by atoms with Gasteiger partial charge in [0.1, 0.15) is 29.6 Å². The molecule has 0 spiro atoms. The molecule has 5 heteroatoms. The summed E-state index contributed by atoms with van der Waals surface area (Å²) in [6.07, 6.45) is 0. The van der Waals surface area contributed by atoms with E-state index in [1.807, 2.05) is 42.5 Å². The highest BCUT2D eigenvalue weighted by atomic mass is 16.5. The van der Waals surface area contributed by atoms with E-state index < -0.39 is 0 Å². The van der Waals surface area contributed by atoms with Gasteiger partial charge in [0.25, 0.3) is 0 Å². The Hall–Kier alpha value is -2.69. The Morgan fingerprint density at radius 3 is 2.95 bits per heavy atom. The van der Waals surface area contributed by atoms with Gasteiger partial charge in [-0.25, -0.2) is 4.99 Å². The van der Waals surface area contributed by atoms with Crippen LogP contribution in [-0.4, -0.2) is 19.6 Å². The first-order valence-electron chi connectivity index (χ1n) is 6.26. The number of benzene rings is 2. The number of fused-ring (bicyclic) bond motifs is 1. The third-order valence-electron chi connectivity index (χ3n) is 2.99. The number of nitrogens with one attached hydrogen (secondary N) is 1. The number of anilines is 2. The van der Waals surface area contributed by atoms with Gasteiger partial charge in [0.15, 0.2) is 0 Å². The summed E-state index contributed by atoms with van der Waals surface area (Å²) < 4.78 is 10.9. The minimum absolute atomic E-state index is 0.384. The van der Waals surface area contributed by atoms with Crippen molar-refractivity contribution >= 4 is 22.9 Å². The zero-order chi connectivity index (χ0) is 13.9. The van der Waals surface area contributed by atoms with Gasteiger partial charge in [0, 0.05) is 5.69 Å². The van der Waals surface area contributed by atoms with Crippen LogP contribution >= 0.6 is 0 Å². The largest absolute Gasteiger partial charge is 0.494 e. The maximum Gasteiger partial charge on any atom is 0.146 e. The molecule has 0 amide bonds. The van der Waals surface area contributed by atoms with E-state index in [4.69, 9.17) is 15.2 Å². The highest BCUT2D eigenvalue weighted by molar-refractivity contribution is 6.01. The van der Waals surface area contributed by atoms with Crippen molar-refractivity contribution in [3.8, 4) is 11.5 Å². The second-order valence-corrected chi connectivity index (χ2v) is 4.40. The number of hydrogen-bond donors (Lipinski definition) is 2. The molecule has 20 heavy (non-hydrogen) atoms. The van der Waals surface area contributed by atoms with Crippen molar-refractivity contribution in [3.05, 3.63) is 42.5 Å². The number of rotatable bonds is 2. The molecule has 0 saturated carbocycles. The molecule has 3 N–H and O–H groups in total. The van der Waals surface area contributed by atoms with Crippen molar-refractivity contribution in [2.75, 3.05) is 24.8 Å². The normalized spacial score (nSPS) is 15.2. The third-order valence-corrected chi connectivity index (χ3v) is 2.99. The van der Waals surface area contributed by atoms with Gasteiger partial charge in [-0.2, -0.15) is 0 Å². The quantitative estimate of drug-likeness (QED) is 0.822. The van der Waals surface area contributed by atoms with Crippen LogP contribution in [0.15, 0.2) is 47.5 Å². The minimum atomic E-state index is 0.384. The maximum absolute atomic E-state index is 5.77. The zero-order valence-electron chi connectivity index (χ0n) is 11.1. The highest BCUT2D eigenvalue weighted by Gasteiger charge is 2.15. The molecule has 1 aliphatic rings. The number of hydrogen-bond acceptors (Lipinski definition) is 4. The van der Waals surface area contributed by atoms with Crippen LogP contribution in [0.3, 0.4) is 0 Å². The molecule has 0 aliphatic carbocycles. The van der Waals surface area contributed by atoms with E-state index in [-0.39, 0.29) is 0 Å². The number of aliphatic imine (C=N–C) groups is 1. The van der Waals surface area contributed by atoms with Gasteiger partial charge >= 0.3 is 0 Å². The lowest BCUT2D eigenvalue weighted by atomic mass is 10.2. The summed E-state index contributed by atoms with van der Waals surface area (Å²) >= 11 is 0. The number of para-hydroxylation sites is 2. The second-order valence-electron chi connectivity index (χ2n) is 4.40. The Morgan fingerprint density at radius 2 is 2.10 bits per heavy atom. The minimum Gasteiger partial charge on any atom is -0.494 e. The van der Waals surface area contributed by atoms with Crippen LogP contribution in [0, 0.1) is 0 Å². The van der Waals surface area contributed by atoms with Crippen LogP contribution in [0.1, 0.15) is 0 Å². The monoisotopic (exact) mass is 269 g/mol. The first-order chi connectivity index (χ1) is 9.76. The predicted octanol–water partition coefficient (Wildman–Crippen LogP) is 2.81. The highest BCUT2D eigenvalue weighted by Crippen LogP contribution is 2.31. The Labute approximate surface area is 117 Å². The number of ether oxygens (including phenoxy) is 2. The van der Waals surface area contributed by atoms with E-state index in [0.717, 1.165) is 22.9 Å². The zero-order valence-corrected chi connectivity index (χ0v) is 11.1. The average molecular weight is 269 g/mol. The van der Waals surface area contributed by atoms with Crippen LogP contribution in [0.4, 0.5) is 17.1 Å². The summed E-state index contributed by atoms with van der Waals surface area (Å²) in [5.41, 5.74) is 8.03. The molecule has 0 atom stereocenters. The van der Waals surface area contributed by atoms with Gasteiger partial charge in [-0.3, -0.25) is 0 Å². The van der Waals surface area contributed by atoms with Crippen LogP contribution in [0.2, 0.25) is 0 Å². The molecule has 0 unspecified atom stereocenters. The van der Waals surface area contributed by atoms with Gasteiger partial charge in [0.2, 0.25) is 0 Å². The molecule has 1 aliphatic heterocycles. The Kier molecular flexibility index (Phi) is 3.16. The fourth-order valence-electron chi connectivity index (χ4n) is 2.04. The van der Waals surface area contributed by atoms with Gasteiger partial charge in [0.05, 0.1) is 12.8 Å². The molecular weight excluding hydrogens is 254 g/mol. The second kappa shape index (κ2) is 5.13. The summed E-state index contributed by atoms with van der Waals surface area (Å²) in [7, 11) is 1.62. The Morgan fingerprint density at radius 1 is 1.25 bits per heavy atom. The molecule has 0 radical (unpaired) electrons. The average Bonchev–Trinajstić information content (AvgIpc) is 2.47. The van der Waals surface area contributed by atoms with Gasteiger partial charge in [-0.05, 0) is 30.3 Å². The van der Waals surface area contributed by atoms with E-state index in [1.165, 1.54) is 0 Å². The Balaban J connectivity index is 1.91. The molecule has 1 heterocycles. The van der Waals surface area contributed by atoms with E-state index in [2.05, 4.69) is 10.3 Å². The summed E-state index contributed by atoms with van der Waals surface area (Å²) in [6.45, 7) is 0.384. The third kappa shape index (κ3) is 2.38. The lowest BCUT2D eigenvalue weighted by molar-refractivity contribution is 0.372. The van der Waals surface area contributed by atoms with Crippen molar-refractivity contribution in [2.45, 2.75) is 0 Å². The van der Waals surface area contributed by atoms with Crippen LogP contribution in [-0.2, 0) is 0 Å². The van der Waals surface area contributed by atoms with Gasteiger partial charge in [-0.1, -0.05) is 12.1 Å². The molecule has 0 bridgehead atoms. The van der Waals surface area contributed by atoms with Crippen molar-refractivity contribution in [1.82, 2.24) is 0 Å². The summed E-state index contributed by atoms with van der Waals surface area (Å²) in [5, 5.41) is 3.23. The van der Waals surface area contributed by atoms with Crippen LogP contribution in [0.5, 0.6) is 11.5 Å². The topological polar surface area (TPSA) is 68.9 Å². The van der Waals surface area contributed by atoms with Crippen LogP contribution in [0.25, 0.3) is 0 Å². The molecule has 2 aromatic rings. The first-order valence-corrected chi connectivity index (χ1v) is 6.26. The summed E-state index contributed by atoms with van der Waals surface area (Å²) in [4.78, 5) is 4.53. The smallest absolute Gasteiger partial charge is 0.146 e. The molecule has 102 valence electrons. The molecule has 3 rings (SSSR count). The maximum atomic E-state index is 5.77. The molecule has 0 saturated heterocycles. The molecular formula is C15H15N3O2. The van der Waals surface area contributed by atoms with Gasteiger partial charge < -0.3 is 20.5 Å². The van der Waals surface area contributed by atoms with Crippen molar-refractivity contribution < 1.29 is 9.47 Å². The van der Waals surface area contributed by atoms with E-state index in [1.54, 1.807) is 7.11 Å². The predicted molar refractivity (Wildman–Crippen MR) is 80.1 cm³/mol. The molecule has 2 aromatic carbocycles. The number of nitrogens with zero attached hydrogens (tertiary/aromatic N) is 1. The number of methoxy groups -OCH3 is 1. The van der Waals surface area contributed by atoms with E-state index in [9.17, 15) is 0 Å². The van der Waals surface area contributed by atoms with E-state index in [0.29, 0.717) is 18.1 Å². The number of nitrogen functional groups attached to an aromatic ring is 1.